The first-order valence-corrected chi connectivity index (χ1v) is 20.5. The van der Waals surface area contributed by atoms with Gasteiger partial charge in [0.05, 0.1) is 6.61 Å². The highest BCUT2D eigenvalue weighted by Gasteiger charge is 2.15. The van der Waals surface area contributed by atoms with Gasteiger partial charge < -0.3 is 14.6 Å². The number of esters is 2. The van der Waals surface area contributed by atoms with Crippen molar-refractivity contribution in [3.8, 4) is 0 Å². The summed E-state index contributed by atoms with van der Waals surface area (Å²) in [5, 5.41) is 9.56. The Kier molecular flexibility index (Phi) is 38.6. The summed E-state index contributed by atoms with van der Waals surface area (Å²) >= 11 is 0. The molecule has 0 saturated carbocycles. The lowest BCUT2D eigenvalue weighted by molar-refractivity contribution is -0.161. The lowest BCUT2D eigenvalue weighted by Crippen LogP contribution is -2.28. The molecule has 0 aliphatic carbocycles. The molecule has 1 N–H and O–H groups in total. The molecule has 0 fully saturated rings. The van der Waals surface area contributed by atoms with Crippen molar-refractivity contribution >= 4 is 11.9 Å². The molecule has 5 nitrogen and oxygen atoms in total. The quantitative estimate of drug-likeness (QED) is 0.0401. The smallest absolute Gasteiger partial charge is 0.306 e. The van der Waals surface area contributed by atoms with Crippen molar-refractivity contribution in [1.29, 1.82) is 0 Å². The number of hydrogen-bond acceptors (Lipinski definition) is 5. The van der Waals surface area contributed by atoms with Gasteiger partial charge in [0.2, 0.25) is 0 Å². The van der Waals surface area contributed by atoms with Gasteiger partial charge in [-0.3, -0.25) is 9.59 Å². The molecule has 0 aliphatic heterocycles. The highest BCUT2D eigenvalue weighted by atomic mass is 16.6. The molecule has 286 valence electrons. The van der Waals surface area contributed by atoms with Crippen molar-refractivity contribution in [3.05, 3.63) is 72.9 Å². The highest BCUT2D eigenvalue weighted by Crippen LogP contribution is 2.14. The summed E-state index contributed by atoms with van der Waals surface area (Å²) in [6, 6.07) is 0. The van der Waals surface area contributed by atoms with E-state index >= 15 is 0 Å². The average molecular weight is 697 g/mol. The van der Waals surface area contributed by atoms with Crippen LogP contribution in [0.3, 0.4) is 0 Å². The molecule has 0 aliphatic rings. The van der Waals surface area contributed by atoms with Gasteiger partial charge in [-0.25, -0.2) is 0 Å². The van der Waals surface area contributed by atoms with Crippen molar-refractivity contribution in [1.82, 2.24) is 0 Å². The molecule has 0 rings (SSSR count). The van der Waals surface area contributed by atoms with E-state index < -0.39 is 6.10 Å². The van der Waals surface area contributed by atoms with Gasteiger partial charge in [-0.1, -0.05) is 189 Å². The standard InChI is InChI=1S/C45H76O5/c1-3-5-7-9-11-13-15-17-19-21-22-24-25-27-29-31-33-35-37-39-44(47)49-42-43(41-46)50-45(48)40-38-36-34-32-30-28-26-23-20-18-16-14-12-10-8-6-4-2/h5,7,11,13,17,19,22,24,27,29,33,35,43,46H,3-4,6,8-10,12,14-16,18,20-21,23,25-26,28,30-32,34,36-42H2,1-2H3. The van der Waals surface area contributed by atoms with Gasteiger partial charge in [0.1, 0.15) is 6.61 Å². The number of allylic oxidation sites excluding steroid dienone is 12. The van der Waals surface area contributed by atoms with Crippen molar-refractivity contribution < 1.29 is 24.2 Å². The van der Waals surface area contributed by atoms with E-state index in [1.165, 1.54) is 89.9 Å². The van der Waals surface area contributed by atoms with Crippen molar-refractivity contribution in [2.45, 2.75) is 187 Å². The van der Waals surface area contributed by atoms with Crippen LogP contribution in [0.1, 0.15) is 181 Å². The molecule has 0 amide bonds. The zero-order chi connectivity index (χ0) is 36.4. The van der Waals surface area contributed by atoms with Crippen LogP contribution in [0.5, 0.6) is 0 Å². The van der Waals surface area contributed by atoms with E-state index in [9.17, 15) is 14.7 Å². The number of carbonyl (C=O) groups is 2. The van der Waals surface area contributed by atoms with Gasteiger partial charge in [-0.2, -0.15) is 0 Å². The van der Waals surface area contributed by atoms with Gasteiger partial charge in [0, 0.05) is 12.8 Å². The lowest BCUT2D eigenvalue weighted by Gasteiger charge is -2.15. The molecule has 5 heteroatoms. The lowest BCUT2D eigenvalue weighted by atomic mass is 10.0. The maximum atomic E-state index is 12.2. The summed E-state index contributed by atoms with van der Waals surface area (Å²) in [5.41, 5.74) is 0. The first-order chi connectivity index (χ1) is 24.6. The minimum absolute atomic E-state index is 0.107. The predicted molar refractivity (Wildman–Crippen MR) is 214 cm³/mol. The molecular formula is C45H76O5. The van der Waals surface area contributed by atoms with Crippen molar-refractivity contribution in [2.24, 2.45) is 0 Å². The monoisotopic (exact) mass is 697 g/mol. The van der Waals surface area contributed by atoms with Crippen LogP contribution >= 0.6 is 0 Å². The molecule has 0 saturated heterocycles. The number of ether oxygens (including phenoxy) is 2. The largest absolute Gasteiger partial charge is 0.462 e. The fraction of sp³-hybridized carbons (Fsp3) is 0.689. The van der Waals surface area contributed by atoms with E-state index in [1.807, 2.05) is 12.2 Å². The van der Waals surface area contributed by atoms with E-state index in [0.29, 0.717) is 12.8 Å². The first-order valence-electron chi connectivity index (χ1n) is 20.5. The van der Waals surface area contributed by atoms with Crippen molar-refractivity contribution in [2.75, 3.05) is 13.2 Å². The summed E-state index contributed by atoms with van der Waals surface area (Å²) in [7, 11) is 0. The zero-order valence-corrected chi connectivity index (χ0v) is 32.4. The molecule has 0 bridgehead atoms. The number of aliphatic hydroxyl groups is 1. The van der Waals surface area contributed by atoms with Crippen LogP contribution < -0.4 is 0 Å². The number of rotatable bonds is 36. The molecule has 0 aromatic rings. The second-order valence-corrected chi connectivity index (χ2v) is 13.3. The Morgan fingerprint density at radius 2 is 0.860 bits per heavy atom. The fourth-order valence-corrected chi connectivity index (χ4v) is 5.46. The van der Waals surface area contributed by atoms with Crippen LogP contribution in [0.4, 0.5) is 0 Å². The third-order valence-corrected chi connectivity index (χ3v) is 8.53. The Balaban J connectivity index is 3.68. The Morgan fingerprint density at radius 1 is 0.480 bits per heavy atom. The van der Waals surface area contributed by atoms with Crippen molar-refractivity contribution in [3.63, 3.8) is 0 Å². The summed E-state index contributed by atoms with van der Waals surface area (Å²) in [4.78, 5) is 24.2. The molecule has 0 heterocycles. The summed E-state index contributed by atoms with van der Waals surface area (Å²) in [6.45, 7) is 3.96. The third-order valence-electron chi connectivity index (χ3n) is 8.53. The average Bonchev–Trinajstić information content (AvgIpc) is 3.12. The summed E-state index contributed by atoms with van der Waals surface area (Å²) in [5.74, 6) is -0.689. The van der Waals surface area contributed by atoms with E-state index in [-0.39, 0.29) is 31.6 Å². The maximum Gasteiger partial charge on any atom is 0.306 e. The molecule has 50 heavy (non-hydrogen) atoms. The molecule has 0 aromatic carbocycles. The Labute approximate surface area is 308 Å². The van der Waals surface area contributed by atoms with Crippen LogP contribution in [0.15, 0.2) is 72.9 Å². The van der Waals surface area contributed by atoms with Crippen LogP contribution in [-0.4, -0.2) is 36.4 Å². The number of aliphatic hydroxyl groups excluding tert-OH is 1. The zero-order valence-electron chi connectivity index (χ0n) is 32.4. The second-order valence-electron chi connectivity index (χ2n) is 13.3. The van der Waals surface area contributed by atoms with Crippen LogP contribution in [0.2, 0.25) is 0 Å². The van der Waals surface area contributed by atoms with E-state index in [4.69, 9.17) is 9.47 Å². The SMILES string of the molecule is CCC=CCC=CCC=CCC=CCC=CCC=CCCC(=O)OCC(CO)OC(=O)CCCCCCCCCCCCCCCCCCC. The van der Waals surface area contributed by atoms with Crippen LogP contribution in [0, 0.1) is 0 Å². The minimum Gasteiger partial charge on any atom is -0.462 e. The molecule has 1 atom stereocenters. The molecule has 0 radical (unpaired) electrons. The van der Waals surface area contributed by atoms with Gasteiger partial charge >= 0.3 is 11.9 Å². The topological polar surface area (TPSA) is 72.8 Å². The second kappa shape index (κ2) is 40.8. The van der Waals surface area contributed by atoms with E-state index in [0.717, 1.165) is 57.8 Å². The van der Waals surface area contributed by atoms with E-state index in [1.54, 1.807) is 0 Å². The molecular weight excluding hydrogens is 620 g/mol. The Morgan fingerprint density at radius 3 is 1.26 bits per heavy atom. The third kappa shape index (κ3) is 38.1. The predicted octanol–water partition coefficient (Wildman–Crippen LogP) is 13.0. The summed E-state index contributed by atoms with van der Waals surface area (Å²) in [6.07, 6.45) is 54.0. The Hall–Kier alpha value is -2.66. The number of hydrogen-bond donors (Lipinski definition) is 1. The molecule has 0 aromatic heterocycles. The minimum atomic E-state index is -0.803. The van der Waals surface area contributed by atoms with E-state index in [2.05, 4.69) is 74.6 Å². The highest BCUT2D eigenvalue weighted by molar-refractivity contribution is 5.70. The van der Waals surface area contributed by atoms with Gasteiger partial charge in [0.15, 0.2) is 6.10 Å². The normalized spacial score (nSPS) is 12.9. The number of carbonyl (C=O) groups excluding carboxylic acids is 2. The fourth-order valence-electron chi connectivity index (χ4n) is 5.46. The van der Waals surface area contributed by atoms with Crippen LogP contribution in [0.25, 0.3) is 0 Å². The molecule has 0 spiro atoms. The first kappa shape index (κ1) is 47.3. The maximum absolute atomic E-state index is 12.2. The summed E-state index contributed by atoms with van der Waals surface area (Å²) < 4.78 is 10.6. The molecule has 1 unspecified atom stereocenters. The van der Waals surface area contributed by atoms with Gasteiger partial charge in [-0.05, 0) is 51.4 Å². The number of unbranched alkanes of at least 4 members (excludes halogenated alkanes) is 16. The van der Waals surface area contributed by atoms with Gasteiger partial charge in [-0.15, -0.1) is 0 Å². The van der Waals surface area contributed by atoms with Crippen LogP contribution in [-0.2, 0) is 19.1 Å². The van der Waals surface area contributed by atoms with Gasteiger partial charge in [0.25, 0.3) is 0 Å². The Bertz CT molecular complexity index is 926.